The van der Waals surface area contributed by atoms with Crippen LogP contribution in [0.15, 0.2) is 91.0 Å². The number of benzene rings is 3. The molecule has 7 nitrogen and oxygen atoms in total. The van der Waals surface area contributed by atoms with Crippen molar-refractivity contribution in [2.75, 3.05) is 19.6 Å². The largest absolute Gasteiger partial charge is 0.542 e. The Bertz CT molecular complexity index is 1460. The maximum absolute atomic E-state index is 12.5. The van der Waals surface area contributed by atoms with E-state index in [1.54, 1.807) is 0 Å². The number of nitrogens with zero attached hydrogens (tertiary/aromatic N) is 1. The molecule has 6 atom stereocenters. The van der Waals surface area contributed by atoms with Crippen molar-refractivity contribution in [3.05, 3.63) is 108 Å². The van der Waals surface area contributed by atoms with Crippen LogP contribution in [0.2, 0.25) is 0 Å². The van der Waals surface area contributed by atoms with Gasteiger partial charge in [-0.1, -0.05) is 233 Å². The molecule has 369 valence electrons. The van der Waals surface area contributed by atoms with Gasteiger partial charge in [-0.2, -0.15) is 0 Å². The van der Waals surface area contributed by atoms with Gasteiger partial charge in [-0.25, -0.2) is 0 Å². The third-order valence-electron chi connectivity index (χ3n) is 11.8. The summed E-state index contributed by atoms with van der Waals surface area (Å²) in [5, 5.41) is 6.40. The Kier molecular flexibility index (Phi) is 50.6. The summed E-state index contributed by atoms with van der Waals surface area (Å²) in [5.41, 5.74) is 9.11. The summed E-state index contributed by atoms with van der Waals surface area (Å²) in [7, 11) is 0. The van der Waals surface area contributed by atoms with E-state index < -0.39 is 0 Å². The van der Waals surface area contributed by atoms with E-state index in [0.29, 0.717) is 18.4 Å². The molecule has 0 aromatic heterocycles. The maximum Gasteiger partial charge on any atom is 0.225 e. The van der Waals surface area contributed by atoms with Crippen LogP contribution in [0.1, 0.15) is 172 Å². The van der Waals surface area contributed by atoms with Crippen LogP contribution in [0.4, 0.5) is 0 Å². The average molecular weight is 977 g/mol. The second-order valence-corrected chi connectivity index (χ2v) is 17.8. The van der Waals surface area contributed by atoms with Crippen molar-refractivity contribution < 1.29 is 47.1 Å². The molecule has 4 N–H and O–H groups in total. The standard InChI is InChI=1S/C17H27NO.C12H19N.C10H21NO.C7H9N.C6H14.C5H9O.Y/c1-5-14(3)12-18(17(19)15(4)6-2)13-16-10-8-7-9-11-16;1-3-11(2)9-13-10-12-7-5-4-6-8-12;1-5-8(3)7-11-10(12)9(4)6-2;8-6-7-4-2-1-3-5-7;1-4-6(3)5-2;1-3-5(2)4-6;/h7-11,14-15H,5-6,12-13H2,1-4H3;4-8,11,13H,3,9-10H2,1-2H3;8-9H,5-7H2,1-4H3,(H,11,12);1-5H,6,8H2;6H,4-5H2,1-3H3;5H,3H2,1-2H3;/q;;;;;-1;. The first-order chi connectivity index (χ1) is 30.6. The van der Waals surface area contributed by atoms with Gasteiger partial charge in [-0.05, 0) is 59.7 Å². The number of hydrogen-bond donors (Lipinski definition) is 3. The van der Waals surface area contributed by atoms with E-state index in [2.05, 4.69) is 122 Å². The van der Waals surface area contributed by atoms with Crippen molar-refractivity contribution in [2.24, 2.45) is 47.2 Å². The van der Waals surface area contributed by atoms with Crippen molar-refractivity contribution in [2.45, 2.75) is 175 Å². The number of nitrogens with two attached hydrogens (primary N) is 1. The van der Waals surface area contributed by atoms with Gasteiger partial charge >= 0.3 is 0 Å². The first kappa shape index (κ1) is 68.9. The molecular weight excluding hydrogens is 878 g/mol. The Morgan fingerprint density at radius 2 is 0.954 bits per heavy atom. The van der Waals surface area contributed by atoms with E-state index in [1.165, 1.54) is 36.0 Å². The first-order valence-electron chi connectivity index (χ1n) is 25.0. The zero-order valence-corrected chi connectivity index (χ0v) is 47.3. The van der Waals surface area contributed by atoms with E-state index in [0.717, 1.165) is 76.7 Å². The van der Waals surface area contributed by atoms with E-state index >= 15 is 0 Å². The number of nitrogens with one attached hydrogen (secondary N) is 2. The molecule has 0 aliphatic heterocycles. The summed E-state index contributed by atoms with van der Waals surface area (Å²) >= 11 is 0. The molecule has 8 heteroatoms. The molecule has 0 aliphatic rings. The van der Waals surface area contributed by atoms with Gasteiger partial charge in [0, 0.05) is 77.3 Å². The van der Waals surface area contributed by atoms with Crippen molar-refractivity contribution in [1.29, 1.82) is 0 Å². The second kappa shape index (κ2) is 47.8. The monoisotopic (exact) mass is 977 g/mol. The Morgan fingerprint density at radius 1 is 0.538 bits per heavy atom. The van der Waals surface area contributed by atoms with Crippen LogP contribution in [0.3, 0.4) is 0 Å². The molecule has 0 bridgehead atoms. The molecule has 2 amide bonds. The SMILES string of the molecule is CCC(C)CC.CCC(C)CN(Cc1ccccc1)C(=O)C(C)CC.CCC(C)CNC(=O)C(C)CC.CCC(C)CNCc1ccccc1.CCC(C)[C-]=O.NCc1ccccc1.[Y]. The Morgan fingerprint density at radius 3 is 1.29 bits per heavy atom. The fraction of sp³-hybridized carbons (Fsp3) is 0.632. The smallest absolute Gasteiger partial charge is 0.225 e. The first-order valence-corrected chi connectivity index (χ1v) is 25.0. The van der Waals surface area contributed by atoms with Crippen LogP contribution >= 0.6 is 0 Å². The van der Waals surface area contributed by atoms with Gasteiger partial charge in [0.15, 0.2) is 0 Å². The zero-order chi connectivity index (χ0) is 49.1. The van der Waals surface area contributed by atoms with Gasteiger partial charge in [-0.15, -0.1) is 5.92 Å². The van der Waals surface area contributed by atoms with Crippen LogP contribution in [0, 0.1) is 41.4 Å². The summed E-state index contributed by atoms with van der Waals surface area (Å²) in [6.45, 7) is 37.0. The molecule has 0 aliphatic carbocycles. The van der Waals surface area contributed by atoms with Crippen molar-refractivity contribution >= 4 is 18.1 Å². The van der Waals surface area contributed by atoms with Crippen LogP contribution in [-0.4, -0.2) is 42.6 Å². The molecule has 0 saturated heterocycles. The quantitative estimate of drug-likeness (QED) is 0.0870. The third-order valence-corrected chi connectivity index (χ3v) is 11.8. The number of hydrogen-bond acceptors (Lipinski definition) is 5. The van der Waals surface area contributed by atoms with Gasteiger partial charge in [-0.3, -0.25) is 15.9 Å². The number of carbonyl (C=O) groups excluding carboxylic acids is 3. The summed E-state index contributed by atoms with van der Waals surface area (Å²) in [6.07, 6.45) is 10.7. The minimum atomic E-state index is 0. The van der Waals surface area contributed by atoms with Crippen LogP contribution < -0.4 is 16.4 Å². The number of amides is 2. The maximum atomic E-state index is 12.5. The summed E-state index contributed by atoms with van der Waals surface area (Å²) in [6, 6.07) is 30.8. The number of carbonyl (C=O) groups is 2. The second-order valence-electron chi connectivity index (χ2n) is 17.8. The zero-order valence-electron chi connectivity index (χ0n) is 44.4. The Balaban J connectivity index is -0.000000360. The van der Waals surface area contributed by atoms with E-state index in [-0.39, 0.29) is 62.3 Å². The van der Waals surface area contributed by atoms with Crippen LogP contribution in [0.25, 0.3) is 0 Å². The molecule has 0 spiro atoms. The van der Waals surface area contributed by atoms with Crippen molar-refractivity contribution in [1.82, 2.24) is 15.5 Å². The van der Waals surface area contributed by atoms with Crippen molar-refractivity contribution in [3.63, 3.8) is 0 Å². The van der Waals surface area contributed by atoms with Gasteiger partial charge in [0.05, 0.1) is 0 Å². The Hall–Kier alpha value is -2.71. The third kappa shape index (κ3) is 41.2. The van der Waals surface area contributed by atoms with Crippen molar-refractivity contribution in [3.8, 4) is 0 Å². The van der Waals surface area contributed by atoms with E-state index in [4.69, 9.17) is 5.73 Å². The minimum Gasteiger partial charge on any atom is -0.542 e. The minimum absolute atomic E-state index is 0. The predicted molar refractivity (Wildman–Crippen MR) is 280 cm³/mol. The van der Waals surface area contributed by atoms with Gasteiger partial charge in [0.1, 0.15) is 0 Å². The van der Waals surface area contributed by atoms with Gasteiger partial charge in [0.25, 0.3) is 0 Å². The molecule has 6 unspecified atom stereocenters. The Labute approximate surface area is 427 Å². The summed E-state index contributed by atoms with van der Waals surface area (Å²) < 4.78 is 0. The molecule has 3 aromatic rings. The average Bonchev–Trinajstić information content (AvgIpc) is 3.35. The molecule has 0 fully saturated rings. The van der Waals surface area contributed by atoms with Gasteiger partial charge in [0.2, 0.25) is 11.8 Å². The fourth-order valence-corrected chi connectivity index (χ4v) is 5.00. The molecule has 0 heterocycles. The van der Waals surface area contributed by atoms with Crippen LogP contribution in [-0.2, 0) is 66.7 Å². The molecular formula is C57H99N4O3Y-. The normalized spacial score (nSPS) is 12.8. The summed E-state index contributed by atoms with van der Waals surface area (Å²) in [4.78, 5) is 35.4. The molecule has 3 aromatic carbocycles. The topological polar surface area (TPSA) is 105 Å². The molecule has 65 heavy (non-hydrogen) atoms. The van der Waals surface area contributed by atoms with E-state index in [9.17, 15) is 14.4 Å². The fourth-order valence-electron chi connectivity index (χ4n) is 5.00. The molecule has 1 radical (unpaired) electrons. The number of rotatable bonds is 22. The van der Waals surface area contributed by atoms with Crippen LogP contribution in [0.5, 0.6) is 0 Å². The van der Waals surface area contributed by atoms with E-state index in [1.807, 2.05) is 94.3 Å². The summed E-state index contributed by atoms with van der Waals surface area (Å²) in [5.74, 6) is 3.75. The molecule has 0 saturated carbocycles. The van der Waals surface area contributed by atoms with Gasteiger partial charge < -0.3 is 26.1 Å². The predicted octanol–water partition coefficient (Wildman–Crippen LogP) is 13.9. The molecule has 3 rings (SSSR count).